The molecule has 0 unspecified atom stereocenters. The van der Waals surface area contributed by atoms with Gasteiger partial charge in [-0.05, 0) is 6.07 Å². The molecule has 2 aromatic rings. The van der Waals surface area contributed by atoms with Gasteiger partial charge in [0.1, 0.15) is 18.3 Å². The van der Waals surface area contributed by atoms with Crippen molar-refractivity contribution in [3.05, 3.63) is 24.9 Å². The molecule has 0 amide bonds. The van der Waals surface area contributed by atoms with Crippen LogP contribution in [0.15, 0.2) is 24.9 Å². The quantitative estimate of drug-likeness (QED) is 0.628. The maximum Gasteiger partial charge on any atom is 0.180 e. The van der Waals surface area contributed by atoms with Gasteiger partial charge >= 0.3 is 0 Å². The van der Waals surface area contributed by atoms with E-state index in [2.05, 4.69) is 15.1 Å². The Labute approximate surface area is 74.2 Å². The maximum atomic E-state index is 5.70. The molecule has 6 nitrogen and oxygen atoms in total. The summed E-state index contributed by atoms with van der Waals surface area (Å²) in [7, 11) is 0. The molecule has 6 heteroatoms. The lowest BCUT2D eigenvalue weighted by atomic mass is 10.3. The van der Waals surface area contributed by atoms with Crippen LogP contribution in [0, 0.1) is 0 Å². The van der Waals surface area contributed by atoms with Crippen LogP contribution in [-0.2, 0) is 0 Å². The van der Waals surface area contributed by atoms with Gasteiger partial charge < -0.3 is 11.5 Å². The molecule has 0 spiro atoms. The number of anilines is 2. The number of nitrogens with zero attached hydrogens (tertiary/aromatic N) is 4. The minimum absolute atomic E-state index is 0.410. The largest absolute Gasteiger partial charge is 0.397 e. The molecule has 0 aliphatic heterocycles. The minimum Gasteiger partial charge on any atom is -0.397 e. The first-order chi connectivity index (χ1) is 6.29. The summed E-state index contributed by atoms with van der Waals surface area (Å²) in [5.41, 5.74) is 12.2. The van der Waals surface area contributed by atoms with Crippen LogP contribution in [0.25, 0.3) is 5.82 Å². The third-order valence-corrected chi connectivity index (χ3v) is 1.64. The predicted octanol–water partition coefficient (Wildman–Crippen LogP) is -0.173. The molecule has 0 atom stereocenters. The zero-order chi connectivity index (χ0) is 9.26. The summed E-state index contributed by atoms with van der Waals surface area (Å²) >= 11 is 0. The van der Waals surface area contributed by atoms with Crippen LogP contribution in [-0.4, -0.2) is 19.7 Å². The molecule has 66 valence electrons. The minimum atomic E-state index is 0.410. The molecule has 0 saturated heterocycles. The Balaban J connectivity index is 2.59. The number of aromatic nitrogens is 4. The van der Waals surface area contributed by atoms with E-state index in [9.17, 15) is 0 Å². The third kappa shape index (κ3) is 1.18. The SMILES string of the molecule is Nc1ccnc(-n2cncn2)c1N. The van der Waals surface area contributed by atoms with Crippen molar-refractivity contribution in [2.75, 3.05) is 11.5 Å². The lowest BCUT2D eigenvalue weighted by Crippen LogP contribution is -2.05. The Morgan fingerprint density at radius 3 is 2.85 bits per heavy atom. The Morgan fingerprint density at radius 1 is 1.31 bits per heavy atom. The van der Waals surface area contributed by atoms with E-state index in [0.717, 1.165) is 0 Å². The van der Waals surface area contributed by atoms with Gasteiger partial charge in [0, 0.05) is 6.20 Å². The molecular weight excluding hydrogens is 168 g/mol. The third-order valence-electron chi connectivity index (χ3n) is 1.64. The number of rotatable bonds is 1. The Kier molecular flexibility index (Phi) is 1.59. The van der Waals surface area contributed by atoms with Crippen molar-refractivity contribution in [3.63, 3.8) is 0 Å². The molecule has 0 aliphatic rings. The van der Waals surface area contributed by atoms with Gasteiger partial charge in [-0.25, -0.2) is 14.6 Å². The fourth-order valence-corrected chi connectivity index (χ4v) is 0.977. The normalized spacial score (nSPS) is 10.2. The van der Waals surface area contributed by atoms with Gasteiger partial charge in [0.05, 0.1) is 5.69 Å². The fourth-order valence-electron chi connectivity index (χ4n) is 0.977. The zero-order valence-corrected chi connectivity index (χ0v) is 6.75. The van der Waals surface area contributed by atoms with Crippen molar-refractivity contribution in [2.24, 2.45) is 0 Å². The highest BCUT2D eigenvalue weighted by molar-refractivity contribution is 5.70. The van der Waals surface area contributed by atoms with E-state index in [1.54, 1.807) is 12.3 Å². The molecule has 2 rings (SSSR count). The average molecular weight is 176 g/mol. The van der Waals surface area contributed by atoms with Crippen molar-refractivity contribution in [3.8, 4) is 5.82 Å². The van der Waals surface area contributed by atoms with Crippen molar-refractivity contribution in [1.29, 1.82) is 0 Å². The number of hydrogen-bond acceptors (Lipinski definition) is 5. The second-order valence-electron chi connectivity index (χ2n) is 2.48. The van der Waals surface area contributed by atoms with E-state index >= 15 is 0 Å². The predicted molar refractivity (Wildman–Crippen MR) is 48.0 cm³/mol. The smallest absolute Gasteiger partial charge is 0.180 e. The van der Waals surface area contributed by atoms with E-state index in [4.69, 9.17) is 11.5 Å². The van der Waals surface area contributed by atoms with Gasteiger partial charge in [0.2, 0.25) is 0 Å². The summed E-state index contributed by atoms with van der Waals surface area (Å²) in [5.74, 6) is 0.498. The van der Waals surface area contributed by atoms with Crippen molar-refractivity contribution < 1.29 is 0 Å². The topological polar surface area (TPSA) is 95.6 Å². The summed E-state index contributed by atoms with van der Waals surface area (Å²) in [6, 6.07) is 1.63. The molecule has 0 saturated carbocycles. The molecule has 2 aromatic heterocycles. The number of nitrogen functional groups attached to an aromatic ring is 2. The summed E-state index contributed by atoms with van der Waals surface area (Å²) in [6.45, 7) is 0. The molecule has 2 heterocycles. The maximum absolute atomic E-state index is 5.70. The fraction of sp³-hybridized carbons (Fsp3) is 0. The van der Waals surface area contributed by atoms with Gasteiger partial charge in [0.25, 0.3) is 0 Å². The number of hydrogen-bond donors (Lipinski definition) is 2. The van der Waals surface area contributed by atoms with E-state index in [1.165, 1.54) is 17.3 Å². The van der Waals surface area contributed by atoms with Gasteiger partial charge in [-0.3, -0.25) is 0 Å². The molecule has 0 aliphatic carbocycles. The molecule has 0 radical (unpaired) electrons. The standard InChI is InChI=1S/C7H8N6/c8-5-1-2-11-7(6(5)9)13-4-10-3-12-13/h1-4H,9H2,(H2,8,11). The molecule has 13 heavy (non-hydrogen) atoms. The second-order valence-corrected chi connectivity index (χ2v) is 2.48. The highest BCUT2D eigenvalue weighted by Crippen LogP contribution is 2.19. The lowest BCUT2D eigenvalue weighted by molar-refractivity contribution is 0.849. The monoisotopic (exact) mass is 176 g/mol. The van der Waals surface area contributed by atoms with Crippen LogP contribution >= 0.6 is 0 Å². The average Bonchev–Trinajstić information content (AvgIpc) is 2.62. The van der Waals surface area contributed by atoms with Crippen LogP contribution in [0.3, 0.4) is 0 Å². The molecular formula is C7H8N6. The van der Waals surface area contributed by atoms with Crippen molar-refractivity contribution >= 4 is 11.4 Å². The van der Waals surface area contributed by atoms with Crippen LogP contribution < -0.4 is 11.5 Å². The van der Waals surface area contributed by atoms with Crippen molar-refractivity contribution in [1.82, 2.24) is 19.7 Å². The first-order valence-corrected chi connectivity index (χ1v) is 3.64. The van der Waals surface area contributed by atoms with Crippen LogP contribution in [0.5, 0.6) is 0 Å². The molecule has 0 fully saturated rings. The first-order valence-electron chi connectivity index (χ1n) is 3.64. The Morgan fingerprint density at radius 2 is 2.15 bits per heavy atom. The Bertz CT molecular complexity index is 407. The van der Waals surface area contributed by atoms with Gasteiger partial charge in [-0.1, -0.05) is 0 Å². The van der Waals surface area contributed by atoms with Gasteiger partial charge in [0.15, 0.2) is 5.82 Å². The lowest BCUT2D eigenvalue weighted by Gasteiger charge is -2.04. The highest BCUT2D eigenvalue weighted by atomic mass is 15.3. The summed E-state index contributed by atoms with van der Waals surface area (Å²) in [4.78, 5) is 7.82. The number of pyridine rings is 1. The van der Waals surface area contributed by atoms with E-state index < -0.39 is 0 Å². The summed E-state index contributed by atoms with van der Waals surface area (Å²) in [5, 5.41) is 3.90. The van der Waals surface area contributed by atoms with Crippen LogP contribution in [0.4, 0.5) is 11.4 Å². The Hall–Kier alpha value is -2.11. The van der Waals surface area contributed by atoms with Crippen molar-refractivity contribution in [2.45, 2.75) is 0 Å². The van der Waals surface area contributed by atoms with Crippen LogP contribution in [0.1, 0.15) is 0 Å². The number of nitrogens with two attached hydrogens (primary N) is 2. The van der Waals surface area contributed by atoms with Gasteiger partial charge in [-0.2, -0.15) is 5.10 Å². The summed E-state index contributed by atoms with van der Waals surface area (Å²) in [6.07, 6.45) is 4.49. The molecule has 0 bridgehead atoms. The van der Waals surface area contributed by atoms with Crippen LogP contribution in [0.2, 0.25) is 0 Å². The van der Waals surface area contributed by atoms with Gasteiger partial charge in [-0.15, -0.1) is 0 Å². The zero-order valence-electron chi connectivity index (χ0n) is 6.75. The first kappa shape index (κ1) is 7.53. The molecule has 0 aromatic carbocycles. The van der Waals surface area contributed by atoms with E-state index in [1.807, 2.05) is 0 Å². The van der Waals surface area contributed by atoms with E-state index in [-0.39, 0.29) is 0 Å². The van der Waals surface area contributed by atoms with E-state index in [0.29, 0.717) is 17.2 Å². The highest BCUT2D eigenvalue weighted by Gasteiger charge is 2.05. The molecule has 4 N–H and O–H groups in total. The second kappa shape index (κ2) is 2.74. The summed E-state index contributed by atoms with van der Waals surface area (Å²) < 4.78 is 1.46.